The summed E-state index contributed by atoms with van der Waals surface area (Å²) in [5, 5.41) is 16.7. The zero-order valence-electron chi connectivity index (χ0n) is 6.98. The molecule has 2 aromatic heterocycles. The molecule has 2 aromatic rings. The molecule has 72 valence electrons. The Balaban J connectivity index is 1.95. The summed E-state index contributed by atoms with van der Waals surface area (Å²) in [6.07, 6.45) is 3.01. The maximum absolute atomic E-state index is 5.62. The minimum Gasteiger partial charge on any atom is -0.347 e. The second-order valence-electron chi connectivity index (χ2n) is 2.41. The Morgan fingerprint density at radius 1 is 1.36 bits per heavy atom. The second-order valence-corrected chi connectivity index (χ2v) is 2.84. The minimum absolute atomic E-state index is 0.415. The highest BCUT2D eigenvalue weighted by molar-refractivity contribution is 6.30. The van der Waals surface area contributed by atoms with Crippen LogP contribution in [0.1, 0.15) is 5.82 Å². The second kappa shape index (κ2) is 3.97. The highest BCUT2D eigenvalue weighted by Crippen LogP contribution is 2.05. The van der Waals surface area contributed by atoms with E-state index < -0.39 is 0 Å². The first-order chi connectivity index (χ1) is 6.84. The van der Waals surface area contributed by atoms with E-state index in [9.17, 15) is 0 Å². The molecule has 0 saturated carbocycles. The fraction of sp³-hybridized carbons (Fsp3) is 0.167. The summed E-state index contributed by atoms with van der Waals surface area (Å²) >= 11 is 5.62. The van der Waals surface area contributed by atoms with E-state index in [-0.39, 0.29) is 0 Å². The van der Waals surface area contributed by atoms with Crippen LogP contribution in [-0.2, 0) is 6.54 Å². The summed E-state index contributed by atoms with van der Waals surface area (Å²) in [4.78, 5) is 7.87. The molecule has 0 aliphatic heterocycles. The molecule has 0 fully saturated rings. The van der Waals surface area contributed by atoms with Gasteiger partial charge in [-0.1, -0.05) is 16.8 Å². The lowest BCUT2D eigenvalue weighted by atomic mass is 10.6. The summed E-state index contributed by atoms with van der Waals surface area (Å²) in [5.74, 6) is 1.02. The van der Waals surface area contributed by atoms with E-state index in [0.29, 0.717) is 23.3 Å². The Labute approximate surface area is 83.9 Å². The van der Waals surface area contributed by atoms with Crippen LogP contribution in [0.4, 0.5) is 5.95 Å². The van der Waals surface area contributed by atoms with Gasteiger partial charge >= 0.3 is 0 Å². The minimum atomic E-state index is 0.415. The first-order valence-electron chi connectivity index (χ1n) is 3.78. The van der Waals surface area contributed by atoms with Crippen LogP contribution in [0.2, 0.25) is 5.02 Å². The fourth-order valence-electron chi connectivity index (χ4n) is 0.819. The smallest absolute Gasteiger partial charge is 0.223 e. The third-order valence-electron chi connectivity index (χ3n) is 1.41. The Morgan fingerprint density at radius 3 is 2.79 bits per heavy atom. The zero-order chi connectivity index (χ0) is 9.80. The van der Waals surface area contributed by atoms with Crippen molar-refractivity contribution in [3.8, 4) is 0 Å². The van der Waals surface area contributed by atoms with Crippen molar-refractivity contribution in [2.75, 3.05) is 5.32 Å². The first-order valence-corrected chi connectivity index (χ1v) is 4.16. The van der Waals surface area contributed by atoms with Gasteiger partial charge in [0.05, 0.1) is 24.0 Å². The van der Waals surface area contributed by atoms with Crippen LogP contribution in [0.5, 0.6) is 0 Å². The summed E-state index contributed by atoms with van der Waals surface area (Å²) in [6, 6.07) is 0. The van der Waals surface area contributed by atoms with Crippen LogP contribution >= 0.6 is 11.6 Å². The molecular weight excluding hydrogens is 206 g/mol. The van der Waals surface area contributed by atoms with Gasteiger partial charge in [0.1, 0.15) is 0 Å². The largest absolute Gasteiger partial charge is 0.347 e. The molecule has 0 atom stereocenters. The highest BCUT2D eigenvalue weighted by atomic mass is 35.5. The molecule has 14 heavy (non-hydrogen) atoms. The van der Waals surface area contributed by atoms with Crippen LogP contribution in [0.15, 0.2) is 12.4 Å². The molecule has 0 aliphatic rings. The van der Waals surface area contributed by atoms with Gasteiger partial charge in [-0.15, -0.1) is 10.2 Å². The van der Waals surface area contributed by atoms with Gasteiger partial charge in [-0.3, -0.25) is 0 Å². The van der Waals surface area contributed by atoms with Gasteiger partial charge < -0.3 is 5.32 Å². The van der Waals surface area contributed by atoms with E-state index in [1.54, 1.807) is 0 Å². The van der Waals surface area contributed by atoms with Crippen LogP contribution in [-0.4, -0.2) is 30.6 Å². The van der Waals surface area contributed by atoms with E-state index in [1.807, 2.05) is 0 Å². The lowest BCUT2D eigenvalue weighted by Crippen LogP contribution is -2.04. The van der Waals surface area contributed by atoms with Crippen molar-refractivity contribution >= 4 is 17.5 Å². The Kier molecular flexibility index (Phi) is 2.50. The number of nitrogens with one attached hydrogen (secondary N) is 2. The summed E-state index contributed by atoms with van der Waals surface area (Å²) < 4.78 is 0. The topological polar surface area (TPSA) is 92.3 Å². The van der Waals surface area contributed by atoms with Crippen LogP contribution < -0.4 is 5.32 Å². The van der Waals surface area contributed by atoms with E-state index in [0.717, 1.165) is 0 Å². The van der Waals surface area contributed by atoms with E-state index >= 15 is 0 Å². The number of halogens is 1. The number of nitrogens with zero attached hydrogens (tertiary/aromatic N) is 5. The monoisotopic (exact) mass is 211 g/mol. The Hall–Kier alpha value is -1.76. The third kappa shape index (κ3) is 2.13. The van der Waals surface area contributed by atoms with E-state index in [4.69, 9.17) is 11.6 Å². The number of tetrazole rings is 1. The average Bonchev–Trinajstić information content (AvgIpc) is 2.70. The number of H-pyrrole nitrogens is 1. The van der Waals surface area contributed by atoms with Crippen LogP contribution in [0.3, 0.4) is 0 Å². The van der Waals surface area contributed by atoms with E-state index in [2.05, 4.69) is 35.9 Å². The Morgan fingerprint density at radius 2 is 2.14 bits per heavy atom. The lowest BCUT2D eigenvalue weighted by molar-refractivity contribution is 0.881. The molecule has 0 spiro atoms. The molecule has 2 rings (SSSR count). The third-order valence-corrected chi connectivity index (χ3v) is 1.61. The summed E-state index contributed by atoms with van der Waals surface area (Å²) in [5.41, 5.74) is 0. The van der Waals surface area contributed by atoms with Gasteiger partial charge in [-0.05, 0) is 0 Å². The van der Waals surface area contributed by atoms with Crippen molar-refractivity contribution in [1.29, 1.82) is 0 Å². The molecule has 8 heteroatoms. The van der Waals surface area contributed by atoms with Crippen molar-refractivity contribution in [2.24, 2.45) is 0 Å². The van der Waals surface area contributed by atoms with Gasteiger partial charge in [-0.2, -0.15) is 5.21 Å². The number of anilines is 1. The predicted molar refractivity (Wildman–Crippen MR) is 48.5 cm³/mol. The maximum atomic E-state index is 5.62. The van der Waals surface area contributed by atoms with Gasteiger partial charge in [0.2, 0.25) is 5.95 Å². The molecule has 0 bridgehead atoms. The van der Waals surface area contributed by atoms with Gasteiger partial charge in [0.15, 0.2) is 5.82 Å². The zero-order valence-corrected chi connectivity index (χ0v) is 7.73. The number of aromatic amines is 1. The van der Waals surface area contributed by atoms with Crippen LogP contribution in [0.25, 0.3) is 0 Å². The molecule has 0 unspecified atom stereocenters. The SMILES string of the molecule is Clc1cnc(NCc2nn[nH]n2)nc1. The number of hydrogen-bond acceptors (Lipinski definition) is 6. The number of aromatic nitrogens is 6. The van der Waals surface area contributed by atoms with E-state index in [1.165, 1.54) is 12.4 Å². The number of hydrogen-bond donors (Lipinski definition) is 2. The van der Waals surface area contributed by atoms with Gasteiger partial charge in [-0.25, -0.2) is 9.97 Å². The molecule has 0 saturated heterocycles. The lowest BCUT2D eigenvalue weighted by Gasteiger charge is -1.99. The predicted octanol–water partition coefficient (Wildman–Crippen LogP) is 0.255. The van der Waals surface area contributed by atoms with Crippen molar-refractivity contribution < 1.29 is 0 Å². The molecule has 7 nitrogen and oxygen atoms in total. The van der Waals surface area contributed by atoms with Crippen molar-refractivity contribution in [3.63, 3.8) is 0 Å². The summed E-state index contributed by atoms with van der Waals surface area (Å²) in [6.45, 7) is 0.415. The molecule has 0 aliphatic carbocycles. The van der Waals surface area contributed by atoms with Crippen LogP contribution in [0, 0.1) is 0 Å². The average molecular weight is 212 g/mol. The molecule has 0 aromatic carbocycles. The molecule has 2 N–H and O–H groups in total. The quantitative estimate of drug-likeness (QED) is 0.757. The Bertz CT molecular complexity index is 383. The highest BCUT2D eigenvalue weighted by Gasteiger charge is 1.99. The fourth-order valence-corrected chi connectivity index (χ4v) is 0.917. The standard InChI is InChI=1S/C6H6ClN7/c7-4-1-8-6(9-2-4)10-3-5-11-13-14-12-5/h1-2H,3H2,(H,8,9,10)(H,11,12,13,14). The van der Waals surface area contributed by atoms with Crippen molar-refractivity contribution in [2.45, 2.75) is 6.54 Å². The van der Waals surface area contributed by atoms with Gasteiger partial charge in [0.25, 0.3) is 0 Å². The first kappa shape index (κ1) is 8.82. The summed E-state index contributed by atoms with van der Waals surface area (Å²) in [7, 11) is 0. The van der Waals surface area contributed by atoms with Crippen molar-refractivity contribution in [3.05, 3.63) is 23.2 Å². The molecule has 0 radical (unpaired) electrons. The molecular formula is C6H6ClN7. The van der Waals surface area contributed by atoms with Crippen molar-refractivity contribution in [1.82, 2.24) is 30.6 Å². The maximum Gasteiger partial charge on any atom is 0.223 e. The molecule has 2 heterocycles. The molecule has 0 amide bonds. The van der Waals surface area contributed by atoms with Gasteiger partial charge in [0, 0.05) is 0 Å². The normalized spacial score (nSPS) is 10.1. The number of rotatable bonds is 3.